The Labute approximate surface area is 125 Å². The molecule has 1 atom stereocenters. The first kappa shape index (κ1) is 17.6. The van der Waals surface area contributed by atoms with Gasteiger partial charge in [0.2, 0.25) is 0 Å². The lowest BCUT2D eigenvalue weighted by atomic mass is 10.1. The van der Waals surface area contributed by atoms with Gasteiger partial charge in [0.05, 0.1) is 17.1 Å². The molecule has 0 amide bonds. The number of hydrogen-bond acceptors (Lipinski definition) is 4. The number of nitrogens with zero attached hydrogens (tertiary/aromatic N) is 1. The molecule has 1 rings (SSSR count). The molecule has 0 saturated carbocycles. The number of nitro groups is 1. The quantitative estimate of drug-likeness (QED) is 0.461. The molecule has 0 N–H and O–H groups in total. The maximum atomic E-state index is 12.6. The molecule has 1 aromatic rings. The maximum absolute atomic E-state index is 12.6. The van der Waals surface area contributed by atoms with E-state index in [4.69, 9.17) is 4.74 Å². The van der Waals surface area contributed by atoms with Gasteiger partial charge in [-0.3, -0.25) is 10.1 Å². The smallest absolute Gasteiger partial charge is 0.416 e. The van der Waals surface area contributed by atoms with Crippen LogP contribution in [0.1, 0.15) is 25.3 Å². The van der Waals surface area contributed by atoms with Crippen LogP contribution in [-0.2, 0) is 6.18 Å². The topological polar surface area (TPSA) is 52.4 Å². The highest BCUT2D eigenvalue weighted by atomic mass is 32.1. The van der Waals surface area contributed by atoms with Crippen LogP contribution in [0, 0.1) is 16.0 Å². The Morgan fingerprint density at radius 1 is 1.43 bits per heavy atom. The van der Waals surface area contributed by atoms with Gasteiger partial charge in [-0.2, -0.15) is 25.8 Å². The van der Waals surface area contributed by atoms with Gasteiger partial charge in [-0.25, -0.2) is 0 Å². The molecular weight excluding hydrogens is 307 g/mol. The van der Waals surface area contributed by atoms with Crippen molar-refractivity contribution in [3.05, 3.63) is 33.9 Å². The molecular formula is C13H16F3NO3S. The first-order chi connectivity index (χ1) is 9.79. The summed E-state index contributed by atoms with van der Waals surface area (Å²) in [6.07, 6.45) is -2.89. The van der Waals surface area contributed by atoms with E-state index in [1.807, 2.05) is 6.92 Å². The summed E-state index contributed by atoms with van der Waals surface area (Å²) in [5, 5.41) is 10.9. The molecule has 118 valence electrons. The van der Waals surface area contributed by atoms with E-state index in [-0.39, 0.29) is 18.3 Å². The minimum Gasteiger partial charge on any atom is -0.486 e. The van der Waals surface area contributed by atoms with Gasteiger partial charge in [-0.1, -0.05) is 13.3 Å². The highest BCUT2D eigenvalue weighted by molar-refractivity contribution is 7.80. The number of rotatable bonds is 7. The number of nitro benzene ring substituents is 1. The van der Waals surface area contributed by atoms with Crippen LogP contribution >= 0.6 is 12.6 Å². The summed E-state index contributed by atoms with van der Waals surface area (Å²) in [6, 6.07) is 2.26. The van der Waals surface area contributed by atoms with E-state index in [1.54, 1.807) is 0 Å². The molecule has 0 bridgehead atoms. The van der Waals surface area contributed by atoms with E-state index in [0.717, 1.165) is 25.0 Å². The zero-order valence-electron chi connectivity index (χ0n) is 11.4. The lowest BCUT2D eigenvalue weighted by molar-refractivity contribution is -0.386. The van der Waals surface area contributed by atoms with Crippen LogP contribution in [0.3, 0.4) is 0 Å². The second-order valence-electron chi connectivity index (χ2n) is 4.59. The standard InChI is InChI=1S/C13H16F3NO3S/c1-2-3-9(8-21)7-20-12-5-4-10(13(14,15)16)6-11(12)17(18)19/h4-6,9,21H,2-3,7-8H2,1H3. The highest BCUT2D eigenvalue weighted by Crippen LogP contribution is 2.36. The summed E-state index contributed by atoms with van der Waals surface area (Å²) < 4.78 is 43.0. The summed E-state index contributed by atoms with van der Waals surface area (Å²) >= 11 is 4.15. The van der Waals surface area contributed by atoms with Gasteiger partial charge in [0, 0.05) is 12.0 Å². The SMILES string of the molecule is CCCC(CS)COc1ccc(C(F)(F)F)cc1[N+](=O)[O-]. The van der Waals surface area contributed by atoms with Crippen molar-refractivity contribution in [2.45, 2.75) is 25.9 Å². The number of halogens is 3. The maximum Gasteiger partial charge on any atom is 0.416 e. The van der Waals surface area contributed by atoms with Crippen molar-refractivity contribution in [2.24, 2.45) is 5.92 Å². The number of alkyl halides is 3. The van der Waals surface area contributed by atoms with Crippen molar-refractivity contribution in [1.29, 1.82) is 0 Å². The second-order valence-corrected chi connectivity index (χ2v) is 4.95. The van der Waals surface area contributed by atoms with E-state index in [0.29, 0.717) is 11.8 Å². The Hall–Kier alpha value is -1.44. The van der Waals surface area contributed by atoms with E-state index in [9.17, 15) is 23.3 Å². The van der Waals surface area contributed by atoms with Crippen LogP contribution in [0.5, 0.6) is 5.75 Å². The minimum absolute atomic E-state index is 0.0974. The molecule has 8 heteroatoms. The first-order valence-corrected chi connectivity index (χ1v) is 7.02. The van der Waals surface area contributed by atoms with Crippen LogP contribution in [-0.4, -0.2) is 17.3 Å². The Morgan fingerprint density at radius 2 is 2.10 bits per heavy atom. The fourth-order valence-corrected chi connectivity index (χ4v) is 2.09. The first-order valence-electron chi connectivity index (χ1n) is 6.38. The lowest BCUT2D eigenvalue weighted by Gasteiger charge is -2.15. The Balaban J connectivity index is 2.94. The number of hydrogen-bond donors (Lipinski definition) is 1. The van der Waals surface area contributed by atoms with Gasteiger partial charge in [-0.05, 0) is 24.3 Å². The van der Waals surface area contributed by atoms with Gasteiger partial charge >= 0.3 is 11.9 Å². The molecule has 0 spiro atoms. The summed E-state index contributed by atoms with van der Waals surface area (Å²) in [7, 11) is 0. The molecule has 0 aromatic heterocycles. The number of benzene rings is 1. The molecule has 1 unspecified atom stereocenters. The zero-order valence-corrected chi connectivity index (χ0v) is 12.3. The number of ether oxygens (including phenoxy) is 1. The van der Waals surface area contributed by atoms with Crippen LogP contribution in [0.4, 0.5) is 18.9 Å². The second kappa shape index (κ2) is 7.53. The van der Waals surface area contributed by atoms with Gasteiger partial charge in [0.25, 0.3) is 0 Å². The third kappa shape index (κ3) is 5.11. The molecule has 0 fully saturated rings. The molecule has 0 saturated heterocycles. The fraction of sp³-hybridized carbons (Fsp3) is 0.538. The summed E-state index contributed by atoms with van der Waals surface area (Å²) in [5.74, 6) is 0.485. The largest absolute Gasteiger partial charge is 0.486 e. The molecule has 0 aliphatic heterocycles. The molecule has 21 heavy (non-hydrogen) atoms. The predicted octanol–water partition coefficient (Wildman–Crippen LogP) is 4.34. The summed E-state index contributed by atoms with van der Waals surface area (Å²) in [6.45, 7) is 2.17. The van der Waals surface area contributed by atoms with E-state index in [1.165, 1.54) is 0 Å². The van der Waals surface area contributed by atoms with Crippen LogP contribution in [0.15, 0.2) is 18.2 Å². The van der Waals surface area contributed by atoms with Gasteiger partial charge in [0.1, 0.15) is 0 Å². The van der Waals surface area contributed by atoms with E-state index >= 15 is 0 Å². The van der Waals surface area contributed by atoms with Crippen molar-refractivity contribution in [3.8, 4) is 5.75 Å². The van der Waals surface area contributed by atoms with Crippen LogP contribution < -0.4 is 4.74 Å². The monoisotopic (exact) mass is 323 g/mol. The molecule has 4 nitrogen and oxygen atoms in total. The lowest BCUT2D eigenvalue weighted by Crippen LogP contribution is -2.14. The third-order valence-corrected chi connectivity index (χ3v) is 3.43. The normalized spacial score (nSPS) is 13.0. The Morgan fingerprint density at radius 3 is 2.57 bits per heavy atom. The zero-order chi connectivity index (χ0) is 16.0. The average molecular weight is 323 g/mol. The summed E-state index contributed by atoms with van der Waals surface area (Å²) in [4.78, 5) is 10.0. The van der Waals surface area contributed by atoms with Crippen LogP contribution in [0.2, 0.25) is 0 Å². The predicted molar refractivity (Wildman–Crippen MR) is 75.8 cm³/mol. The fourth-order valence-electron chi connectivity index (χ4n) is 1.80. The van der Waals surface area contributed by atoms with Crippen molar-refractivity contribution >= 4 is 18.3 Å². The molecule has 0 radical (unpaired) electrons. The Bertz CT molecular complexity index is 494. The van der Waals surface area contributed by atoms with Crippen molar-refractivity contribution in [2.75, 3.05) is 12.4 Å². The van der Waals surface area contributed by atoms with Crippen molar-refractivity contribution < 1.29 is 22.8 Å². The third-order valence-electron chi connectivity index (χ3n) is 2.91. The van der Waals surface area contributed by atoms with Gasteiger partial charge < -0.3 is 4.74 Å². The molecule has 0 heterocycles. The van der Waals surface area contributed by atoms with Crippen LogP contribution in [0.25, 0.3) is 0 Å². The number of thiol groups is 1. The van der Waals surface area contributed by atoms with E-state index < -0.39 is 22.4 Å². The van der Waals surface area contributed by atoms with Gasteiger partial charge in [0.15, 0.2) is 5.75 Å². The average Bonchev–Trinajstić information content (AvgIpc) is 2.42. The summed E-state index contributed by atoms with van der Waals surface area (Å²) in [5.41, 5.74) is -1.75. The highest BCUT2D eigenvalue weighted by Gasteiger charge is 2.33. The molecule has 1 aromatic carbocycles. The van der Waals surface area contributed by atoms with E-state index in [2.05, 4.69) is 12.6 Å². The molecule has 0 aliphatic rings. The minimum atomic E-state index is -4.63. The van der Waals surface area contributed by atoms with Crippen molar-refractivity contribution in [1.82, 2.24) is 0 Å². The molecule has 0 aliphatic carbocycles. The Kier molecular flexibility index (Phi) is 6.32. The van der Waals surface area contributed by atoms with Crippen molar-refractivity contribution in [3.63, 3.8) is 0 Å². The van der Waals surface area contributed by atoms with Gasteiger partial charge in [-0.15, -0.1) is 0 Å².